The molecule has 1 aromatic carbocycles. The first-order valence-electron chi connectivity index (χ1n) is 6.23. The molecular formula is C14H20O4. The number of aliphatic hydroxyl groups is 1. The van der Waals surface area contributed by atoms with Crippen LogP contribution in [0.3, 0.4) is 0 Å². The van der Waals surface area contributed by atoms with Crippen LogP contribution in [0.1, 0.15) is 25.7 Å². The van der Waals surface area contributed by atoms with E-state index in [1.54, 1.807) is 26.4 Å². The van der Waals surface area contributed by atoms with E-state index in [2.05, 4.69) is 0 Å². The molecule has 1 fully saturated rings. The van der Waals surface area contributed by atoms with Gasteiger partial charge in [0.2, 0.25) is 5.79 Å². The normalized spacial score (nSPS) is 27.8. The summed E-state index contributed by atoms with van der Waals surface area (Å²) in [6.45, 7) is 0. The van der Waals surface area contributed by atoms with Crippen molar-refractivity contribution >= 4 is 0 Å². The molecule has 0 spiro atoms. The molecule has 18 heavy (non-hydrogen) atoms. The molecule has 2 rings (SSSR count). The van der Waals surface area contributed by atoms with E-state index in [0.717, 1.165) is 18.6 Å². The maximum Gasteiger partial charge on any atom is 0.208 e. The fourth-order valence-corrected chi connectivity index (χ4v) is 2.24. The summed E-state index contributed by atoms with van der Waals surface area (Å²) < 4.78 is 16.0. The second kappa shape index (κ2) is 5.59. The van der Waals surface area contributed by atoms with Gasteiger partial charge < -0.3 is 19.3 Å². The summed E-state index contributed by atoms with van der Waals surface area (Å²) in [5.74, 6) is 0.371. The van der Waals surface area contributed by atoms with Gasteiger partial charge in [-0.2, -0.15) is 0 Å². The maximum atomic E-state index is 10.4. The lowest BCUT2D eigenvalue weighted by atomic mass is 9.92. The smallest absolute Gasteiger partial charge is 0.208 e. The molecule has 1 aromatic rings. The highest BCUT2D eigenvalue weighted by Gasteiger charge is 2.35. The topological polar surface area (TPSA) is 47.9 Å². The van der Waals surface area contributed by atoms with Crippen molar-refractivity contribution in [3.8, 4) is 11.5 Å². The van der Waals surface area contributed by atoms with Crippen LogP contribution < -0.4 is 9.47 Å². The van der Waals surface area contributed by atoms with Crippen molar-refractivity contribution in [3.63, 3.8) is 0 Å². The summed E-state index contributed by atoms with van der Waals surface area (Å²) in [5.41, 5.74) is 0. The average Bonchev–Trinajstić information content (AvgIpc) is 2.40. The van der Waals surface area contributed by atoms with Crippen LogP contribution in [-0.4, -0.2) is 31.2 Å². The third-order valence-electron chi connectivity index (χ3n) is 3.41. The van der Waals surface area contributed by atoms with Crippen LogP contribution in [0.25, 0.3) is 0 Å². The van der Waals surface area contributed by atoms with E-state index in [0.29, 0.717) is 18.6 Å². The third-order valence-corrected chi connectivity index (χ3v) is 3.41. The van der Waals surface area contributed by atoms with Gasteiger partial charge in [0.1, 0.15) is 11.5 Å². The van der Waals surface area contributed by atoms with Gasteiger partial charge in [-0.15, -0.1) is 0 Å². The number of benzene rings is 1. The maximum absolute atomic E-state index is 10.4. The van der Waals surface area contributed by atoms with Gasteiger partial charge in [0.05, 0.1) is 13.2 Å². The molecule has 1 aliphatic carbocycles. The average molecular weight is 252 g/mol. The zero-order valence-electron chi connectivity index (χ0n) is 10.9. The first-order chi connectivity index (χ1) is 8.65. The Bertz CT molecular complexity index is 366. The molecule has 0 atom stereocenters. The number of hydrogen-bond donors (Lipinski definition) is 1. The Balaban J connectivity index is 1.95. The van der Waals surface area contributed by atoms with Gasteiger partial charge in [0.15, 0.2) is 0 Å². The molecule has 0 saturated heterocycles. The zero-order chi connectivity index (χ0) is 13.0. The zero-order valence-corrected chi connectivity index (χ0v) is 10.9. The van der Waals surface area contributed by atoms with E-state index in [-0.39, 0.29) is 6.10 Å². The minimum Gasteiger partial charge on any atom is -0.497 e. The Kier molecular flexibility index (Phi) is 4.09. The summed E-state index contributed by atoms with van der Waals surface area (Å²) in [4.78, 5) is 0. The van der Waals surface area contributed by atoms with Crippen LogP contribution in [0, 0.1) is 0 Å². The molecule has 0 heterocycles. The van der Waals surface area contributed by atoms with Crippen LogP contribution >= 0.6 is 0 Å². The van der Waals surface area contributed by atoms with Gasteiger partial charge >= 0.3 is 0 Å². The minimum atomic E-state index is -1.07. The summed E-state index contributed by atoms with van der Waals surface area (Å²) >= 11 is 0. The lowest BCUT2D eigenvalue weighted by molar-refractivity contribution is -0.173. The van der Waals surface area contributed by atoms with Crippen LogP contribution in [0.5, 0.6) is 11.5 Å². The van der Waals surface area contributed by atoms with Gasteiger partial charge in [-0.25, -0.2) is 0 Å². The second-order valence-electron chi connectivity index (χ2n) is 4.66. The van der Waals surface area contributed by atoms with Gasteiger partial charge in [-0.05, 0) is 37.1 Å². The van der Waals surface area contributed by atoms with Crippen molar-refractivity contribution in [1.29, 1.82) is 0 Å². The molecule has 0 radical (unpaired) electrons. The summed E-state index contributed by atoms with van der Waals surface area (Å²) in [6.07, 6.45) is 3.08. The fraction of sp³-hybridized carbons (Fsp3) is 0.571. The van der Waals surface area contributed by atoms with Gasteiger partial charge in [0.25, 0.3) is 0 Å². The predicted molar refractivity (Wildman–Crippen MR) is 67.8 cm³/mol. The van der Waals surface area contributed by atoms with E-state index in [1.807, 2.05) is 12.1 Å². The molecule has 1 saturated carbocycles. The molecule has 1 N–H and O–H groups in total. The van der Waals surface area contributed by atoms with Crippen LogP contribution in [0.4, 0.5) is 0 Å². The van der Waals surface area contributed by atoms with Crippen molar-refractivity contribution in [2.24, 2.45) is 0 Å². The summed E-state index contributed by atoms with van der Waals surface area (Å²) in [5, 5.41) is 10.4. The highest BCUT2D eigenvalue weighted by molar-refractivity contribution is 5.31. The molecular weight excluding hydrogens is 232 g/mol. The highest BCUT2D eigenvalue weighted by atomic mass is 16.6. The Labute approximate surface area is 107 Å². The first kappa shape index (κ1) is 13.2. The van der Waals surface area contributed by atoms with Crippen molar-refractivity contribution in [2.75, 3.05) is 14.2 Å². The molecule has 0 amide bonds. The first-order valence-corrected chi connectivity index (χ1v) is 6.23. The van der Waals surface area contributed by atoms with E-state index >= 15 is 0 Å². The SMILES string of the molecule is COc1ccc(OC2(O)CCC(OC)CC2)cc1. The van der Waals surface area contributed by atoms with Crippen LogP contribution in [0.2, 0.25) is 0 Å². The quantitative estimate of drug-likeness (QED) is 0.836. The third kappa shape index (κ3) is 3.15. The van der Waals surface area contributed by atoms with Crippen LogP contribution in [0.15, 0.2) is 24.3 Å². The number of ether oxygens (including phenoxy) is 3. The Morgan fingerprint density at radius 3 is 2.11 bits per heavy atom. The van der Waals surface area contributed by atoms with E-state index in [4.69, 9.17) is 14.2 Å². The Morgan fingerprint density at radius 1 is 1.06 bits per heavy atom. The monoisotopic (exact) mass is 252 g/mol. The van der Waals surface area contributed by atoms with E-state index < -0.39 is 5.79 Å². The molecule has 0 bridgehead atoms. The van der Waals surface area contributed by atoms with Crippen LogP contribution in [-0.2, 0) is 4.74 Å². The van der Waals surface area contributed by atoms with Crippen molar-refractivity contribution in [1.82, 2.24) is 0 Å². The summed E-state index contributed by atoms with van der Waals surface area (Å²) in [7, 11) is 3.33. The minimum absolute atomic E-state index is 0.241. The molecule has 0 aromatic heterocycles. The molecule has 1 aliphatic rings. The Morgan fingerprint density at radius 2 is 1.61 bits per heavy atom. The molecule has 100 valence electrons. The van der Waals surface area contributed by atoms with Crippen molar-refractivity contribution in [2.45, 2.75) is 37.6 Å². The number of rotatable bonds is 4. The van der Waals surface area contributed by atoms with Crippen molar-refractivity contribution < 1.29 is 19.3 Å². The predicted octanol–water partition coefficient (Wildman–Crippen LogP) is 2.35. The second-order valence-corrected chi connectivity index (χ2v) is 4.66. The number of methoxy groups -OCH3 is 2. The van der Waals surface area contributed by atoms with E-state index in [9.17, 15) is 5.11 Å². The Hall–Kier alpha value is -1.26. The lowest BCUT2D eigenvalue weighted by Crippen LogP contribution is -2.41. The van der Waals surface area contributed by atoms with Gasteiger partial charge in [-0.3, -0.25) is 0 Å². The largest absolute Gasteiger partial charge is 0.497 e. The molecule has 4 heteroatoms. The molecule has 4 nitrogen and oxygen atoms in total. The standard InChI is InChI=1S/C14H20O4/c1-16-11-3-5-13(6-4-11)18-14(15)9-7-12(17-2)8-10-14/h3-6,12,15H,7-10H2,1-2H3. The van der Waals surface area contributed by atoms with Gasteiger partial charge in [0, 0.05) is 20.0 Å². The lowest BCUT2D eigenvalue weighted by Gasteiger charge is -2.35. The molecule has 0 unspecified atom stereocenters. The van der Waals surface area contributed by atoms with Gasteiger partial charge in [-0.1, -0.05) is 0 Å². The summed E-state index contributed by atoms with van der Waals surface area (Å²) in [6, 6.07) is 7.25. The fourth-order valence-electron chi connectivity index (χ4n) is 2.24. The van der Waals surface area contributed by atoms with E-state index in [1.165, 1.54) is 0 Å². The molecule has 0 aliphatic heterocycles. The highest BCUT2D eigenvalue weighted by Crippen LogP contribution is 2.32. The number of hydrogen-bond acceptors (Lipinski definition) is 4. The van der Waals surface area contributed by atoms with Crippen molar-refractivity contribution in [3.05, 3.63) is 24.3 Å².